The second-order valence-electron chi connectivity index (χ2n) is 6.22. The highest BCUT2D eigenvalue weighted by Gasteiger charge is 2.24. The Labute approximate surface area is 159 Å². The van der Waals surface area contributed by atoms with Crippen LogP contribution in [-0.2, 0) is 0 Å². The van der Waals surface area contributed by atoms with Gasteiger partial charge in [-0.3, -0.25) is 4.90 Å². The van der Waals surface area contributed by atoms with E-state index in [4.69, 9.17) is 27.9 Å². The van der Waals surface area contributed by atoms with Crippen LogP contribution in [0.2, 0.25) is 10.0 Å². The highest BCUT2D eigenvalue weighted by Crippen LogP contribution is 2.33. The molecule has 0 saturated carbocycles. The third-order valence-corrected chi connectivity index (χ3v) is 5.25. The summed E-state index contributed by atoms with van der Waals surface area (Å²) >= 11 is 12.4. The predicted molar refractivity (Wildman–Crippen MR) is 105 cm³/mol. The van der Waals surface area contributed by atoms with E-state index >= 15 is 0 Å². The summed E-state index contributed by atoms with van der Waals surface area (Å²) in [4.78, 5) is 2.51. The smallest absolute Gasteiger partial charge is 0.119 e. The summed E-state index contributed by atoms with van der Waals surface area (Å²) in [5.74, 6) is 0.900. The Morgan fingerprint density at radius 1 is 1.00 bits per heavy atom. The van der Waals surface area contributed by atoms with Crippen molar-refractivity contribution in [3.05, 3.63) is 63.6 Å². The van der Waals surface area contributed by atoms with Crippen molar-refractivity contribution in [1.29, 1.82) is 0 Å². The highest BCUT2D eigenvalue weighted by atomic mass is 35.5. The van der Waals surface area contributed by atoms with Crippen LogP contribution in [0.15, 0.2) is 42.5 Å². The lowest BCUT2D eigenvalue weighted by Gasteiger charge is -2.31. The van der Waals surface area contributed by atoms with Crippen LogP contribution in [0.5, 0.6) is 5.75 Å². The molecule has 0 radical (unpaired) electrons. The van der Waals surface area contributed by atoms with Gasteiger partial charge in [-0.25, -0.2) is 0 Å². The molecule has 25 heavy (non-hydrogen) atoms. The minimum atomic E-state index is 0.158. The largest absolute Gasteiger partial charge is 0.494 e. The molecule has 5 heteroatoms. The van der Waals surface area contributed by atoms with Gasteiger partial charge < -0.3 is 10.1 Å². The van der Waals surface area contributed by atoms with Gasteiger partial charge in [0, 0.05) is 19.6 Å². The Morgan fingerprint density at radius 3 is 2.48 bits per heavy atom. The molecule has 134 valence electrons. The van der Waals surface area contributed by atoms with Gasteiger partial charge in [0.15, 0.2) is 0 Å². The molecule has 0 spiro atoms. The molecule has 1 N–H and O–H groups in total. The number of nitrogens with zero attached hydrogens (tertiary/aromatic N) is 1. The average Bonchev–Trinajstić information content (AvgIpc) is 2.89. The van der Waals surface area contributed by atoms with Crippen LogP contribution >= 0.6 is 23.2 Å². The summed E-state index contributed by atoms with van der Waals surface area (Å²) in [6, 6.07) is 14.5. The third-order valence-electron chi connectivity index (χ3n) is 4.51. The number of rotatable bonds is 5. The second kappa shape index (κ2) is 8.91. The van der Waals surface area contributed by atoms with E-state index in [0.29, 0.717) is 16.7 Å². The molecule has 0 bridgehead atoms. The predicted octanol–water partition coefficient (Wildman–Crippen LogP) is 4.78. The van der Waals surface area contributed by atoms with Gasteiger partial charge in [0.25, 0.3) is 0 Å². The Kier molecular flexibility index (Phi) is 6.60. The molecule has 1 saturated heterocycles. The summed E-state index contributed by atoms with van der Waals surface area (Å²) < 4.78 is 5.58. The van der Waals surface area contributed by atoms with Crippen LogP contribution in [0.4, 0.5) is 0 Å². The summed E-state index contributed by atoms with van der Waals surface area (Å²) in [6.07, 6.45) is 1.13. The van der Waals surface area contributed by atoms with Crippen molar-refractivity contribution in [2.24, 2.45) is 0 Å². The zero-order chi connectivity index (χ0) is 17.6. The Hall–Kier alpha value is -1.26. The maximum atomic E-state index is 6.30. The molecular weight excluding hydrogens is 355 g/mol. The molecule has 0 amide bonds. The molecule has 3 rings (SSSR count). The normalized spacial score (nSPS) is 17.1. The number of halogens is 2. The third kappa shape index (κ3) is 4.68. The van der Waals surface area contributed by atoms with Gasteiger partial charge in [0.05, 0.1) is 22.7 Å². The molecule has 2 aromatic rings. The fourth-order valence-corrected chi connectivity index (χ4v) is 3.64. The lowest BCUT2D eigenvalue weighted by molar-refractivity contribution is 0.241. The van der Waals surface area contributed by atoms with E-state index in [9.17, 15) is 0 Å². The van der Waals surface area contributed by atoms with E-state index in [1.165, 1.54) is 11.1 Å². The second-order valence-corrected chi connectivity index (χ2v) is 7.03. The molecule has 1 aliphatic heterocycles. The van der Waals surface area contributed by atoms with Crippen molar-refractivity contribution in [2.75, 3.05) is 32.8 Å². The highest BCUT2D eigenvalue weighted by molar-refractivity contribution is 6.42. The Bertz CT molecular complexity index is 683. The molecule has 1 aliphatic rings. The molecule has 1 heterocycles. The first-order chi connectivity index (χ1) is 12.2. The molecule has 1 atom stereocenters. The van der Waals surface area contributed by atoms with Crippen LogP contribution < -0.4 is 10.1 Å². The summed E-state index contributed by atoms with van der Waals surface area (Å²) in [7, 11) is 0. The van der Waals surface area contributed by atoms with Crippen LogP contribution in [0.3, 0.4) is 0 Å². The fourth-order valence-electron chi connectivity index (χ4n) is 3.33. The molecular formula is C20H24Cl2N2O. The van der Waals surface area contributed by atoms with Gasteiger partial charge in [-0.2, -0.15) is 0 Å². The van der Waals surface area contributed by atoms with Gasteiger partial charge in [-0.1, -0.05) is 41.4 Å². The van der Waals surface area contributed by atoms with Crippen molar-refractivity contribution in [1.82, 2.24) is 10.2 Å². The fraction of sp³-hybridized carbons (Fsp3) is 0.400. The standard InChI is InChI=1S/C20H24Cl2N2O/c1-2-25-17-7-4-15(5-8-17)20(24-12-3-10-23-11-13-24)16-6-9-18(21)19(22)14-16/h4-9,14,20,23H,2-3,10-13H2,1H3. The first-order valence-electron chi connectivity index (χ1n) is 8.81. The Balaban J connectivity index is 1.96. The van der Waals surface area contributed by atoms with Crippen molar-refractivity contribution >= 4 is 23.2 Å². The molecule has 0 aliphatic carbocycles. The zero-order valence-corrected chi connectivity index (χ0v) is 16.0. The van der Waals surface area contributed by atoms with Gasteiger partial charge in [0.2, 0.25) is 0 Å². The van der Waals surface area contributed by atoms with E-state index in [1.54, 1.807) is 0 Å². The number of nitrogens with one attached hydrogen (secondary N) is 1. The number of hydrogen-bond donors (Lipinski definition) is 1. The van der Waals surface area contributed by atoms with E-state index < -0.39 is 0 Å². The van der Waals surface area contributed by atoms with Gasteiger partial charge in [-0.15, -0.1) is 0 Å². The van der Waals surface area contributed by atoms with E-state index in [1.807, 2.05) is 31.2 Å². The van der Waals surface area contributed by atoms with Crippen LogP contribution in [0.1, 0.15) is 30.5 Å². The van der Waals surface area contributed by atoms with E-state index in [-0.39, 0.29) is 6.04 Å². The SMILES string of the molecule is CCOc1ccc(C(c2ccc(Cl)c(Cl)c2)N2CCCNCC2)cc1. The lowest BCUT2D eigenvalue weighted by Crippen LogP contribution is -2.33. The van der Waals surface area contributed by atoms with Gasteiger partial charge in [-0.05, 0) is 55.3 Å². The molecule has 3 nitrogen and oxygen atoms in total. The topological polar surface area (TPSA) is 24.5 Å². The first kappa shape index (κ1) is 18.5. The summed E-state index contributed by atoms with van der Waals surface area (Å²) in [6.45, 7) is 6.77. The monoisotopic (exact) mass is 378 g/mol. The number of ether oxygens (including phenoxy) is 1. The minimum absolute atomic E-state index is 0.158. The first-order valence-corrected chi connectivity index (χ1v) is 9.57. The van der Waals surface area contributed by atoms with E-state index in [2.05, 4.69) is 28.4 Å². The Morgan fingerprint density at radius 2 is 1.76 bits per heavy atom. The van der Waals surface area contributed by atoms with Crippen molar-refractivity contribution < 1.29 is 4.74 Å². The van der Waals surface area contributed by atoms with Gasteiger partial charge >= 0.3 is 0 Å². The van der Waals surface area contributed by atoms with Crippen LogP contribution in [0, 0.1) is 0 Å². The van der Waals surface area contributed by atoms with E-state index in [0.717, 1.165) is 38.3 Å². The maximum absolute atomic E-state index is 6.30. The maximum Gasteiger partial charge on any atom is 0.119 e. The molecule has 2 aromatic carbocycles. The zero-order valence-electron chi connectivity index (χ0n) is 14.5. The molecule has 0 aromatic heterocycles. The summed E-state index contributed by atoms with van der Waals surface area (Å²) in [5, 5.41) is 4.66. The number of hydrogen-bond acceptors (Lipinski definition) is 3. The molecule has 1 fully saturated rings. The van der Waals surface area contributed by atoms with Crippen molar-refractivity contribution in [2.45, 2.75) is 19.4 Å². The van der Waals surface area contributed by atoms with Crippen molar-refractivity contribution in [3.63, 3.8) is 0 Å². The van der Waals surface area contributed by atoms with Crippen LogP contribution in [-0.4, -0.2) is 37.7 Å². The number of benzene rings is 2. The summed E-state index contributed by atoms with van der Waals surface area (Å²) in [5.41, 5.74) is 2.41. The average molecular weight is 379 g/mol. The van der Waals surface area contributed by atoms with Gasteiger partial charge in [0.1, 0.15) is 5.75 Å². The van der Waals surface area contributed by atoms with Crippen molar-refractivity contribution in [3.8, 4) is 5.75 Å². The quantitative estimate of drug-likeness (QED) is 0.810. The minimum Gasteiger partial charge on any atom is -0.494 e. The lowest BCUT2D eigenvalue weighted by atomic mass is 9.96. The molecule has 1 unspecified atom stereocenters. The van der Waals surface area contributed by atoms with Crippen LogP contribution in [0.25, 0.3) is 0 Å².